The number of carbonyl (C=O) groups is 4. The number of hydrogen-bond donors (Lipinski definition) is 3. The Kier molecular flexibility index (Phi) is 12.1. The highest BCUT2D eigenvalue weighted by molar-refractivity contribution is 5.98. The van der Waals surface area contributed by atoms with E-state index < -0.39 is 50.3 Å². The van der Waals surface area contributed by atoms with Crippen LogP contribution in [-0.2, 0) is 36.4 Å². The van der Waals surface area contributed by atoms with E-state index in [1.165, 1.54) is 0 Å². The summed E-state index contributed by atoms with van der Waals surface area (Å²) >= 11 is 0. The van der Waals surface area contributed by atoms with Crippen molar-refractivity contribution in [2.45, 2.75) is 195 Å². The first-order chi connectivity index (χ1) is 23.7. The van der Waals surface area contributed by atoms with E-state index in [2.05, 4.69) is 55.4 Å². The summed E-state index contributed by atoms with van der Waals surface area (Å²) in [6.07, 6.45) is 3.86. The van der Waals surface area contributed by atoms with Crippen LogP contribution in [0.1, 0.15) is 172 Å². The van der Waals surface area contributed by atoms with Crippen LogP contribution in [0.15, 0.2) is 12.1 Å². The predicted octanol–water partition coefficient (Wildman–Crippen LogP) is 9.10. The molecule has 9 nitrogen and oxygen atoms in total. The van der Waals surface area contributed by atoms with Gasteiger partial charge in [-0.15, -0.1) is 0 Å². The van der Waals surface area contributed by atoms with E-state index in [9.17, 15) is 34.5 Å². The number of carbonyl (C=O) groups excluding carboxylic acids is 2. The van der Waals surface area contributed by atoms with Crippen LogP contribution < -0.4 is 0 Å². The van der Waals surface area contributed by atoms with E-state index >= 15 is 0 Å². The van der Waals surface area contributed by atoms with Crippen LogP contribution in [-0.4, -0.2) is 71.0 Å². The van der Waals surface area contributed by atoms with Gasteiger partial charge in [-0.1, -0.05) is 60.1 Å². The lowest BCUT2D eigenvalue weighted by atomic mass is 9.60. The predicted molar refractivity (Wildman–Crippen MR) is 211 cm³/mol. The number of rotatable bonds is 10. The van der Waals surface area contributed by atoms with Crippen LogP contribution in [0.5, 0.6) is 5.75 Å². The van der Waals surface area contributed by atoms with E-state index in [-0.39, 0.29) is 48.2 Å². The summed E-state index contributed by atoms with van der Waals surface area (Å²) in [6.45, 7) is 32.1. The number of amides is 2. The minimum atomic E-state index is -2.07. The summed E-state index contributed by atoms with van der Waals surface area (Å²) in [7, 11) is 0. The largest absolute Gasteiger partial charge is 0.507 e. The Bertz CT molecular complexity index is 1430. The van der Waals surface area contributed by atoms with Gasteiger partial charge >= 0.3 is 11.9 Å². The molecule has 2 fully saturated rings. The second kappa shape index (κ2) is 14.5. The molecule has 2 aliphatic heterocycles. The molecule has 300 valence electrons. The average molecular weight is 741 g/mol. The highest BCUT2D eigenvalue weighted by Gasteiger charge is 2.54. The van der Waals surface area contributed by atoms with Crippen molar-refractivity contribution in [3.8, 4) is 5.75 Å². The third-order valence-electron chi connectivity index (χ3n) is 12.6. The van der Waals surface area contributed by atoms with Crippen molar-refractivity contribution in [3.63, 3.8) is 0 Å². The van der Waals surface area contributed by atoms with E-state index in [1.54, 1.807) is 26.0 Å². The molecule has 2 amide bonds. The number of phenols is 1. The van der Waals surface area contributed by atoms with Crippen molar-refractivity contribution < 1.29 is 34.5 Å². The van der Waals surface area contributed by atoms with E-state index in [1.807, 2.05) is 51.3 Å². The fourth-order valence-corrected chi connectivity index (χ4v) is 11.4. The first-order valence-electron chi connectivity index (χ1n) is 19.7. The number of likely N-dealkylation sites (tertiary alicyclic amines) is 2. The Morgan fingerprint density at radius 2 is 1.00 bits per heavy atom. The number of phenolic OH excluding ortho intramolecular Hbond substituents is 1. The molecule has 0 atom stereocenters. The second-order valence-electron chi connectivity index (χ2n) is 21.3. The Hall–Kier alpha value is -3.10. The van der Waals surface area contributed by atoms with Gasteiger partial charge < -0.3 is 25.1 Å². The summed E-state index contributed by atoms with van der Waals surface area (Å²) < 4.78 is 0. The minimum Gasteiger partial charge on any atom is -0.507 e. The van der Waals surface area contributed by atoms with Gasteiger partial charge in [-0.2, -0.15) is 0 Å². The molecule has 1 aromatic rings. The van der Waals surface area contributed by atoms with Gasteiger partial charge in [-0.25, -0.2) is 0 Å². The molecule has 3 rings (SSSR count). The average Bonchev–Trinajstić information content (AvgIpc) is 2.90. The molecule has 2 heterocycles. The smallest absolute Gasteiger partial charge is 0.321 e. The lowest BCUT2D eigenvalue weighted by Gasteiger charge is -2.60. The molecule has 2 saturated heterocycles. The number of carboxylic acids is 2. The Labute approximate surface area is 320 Å². The van der Waals surface area contributed by atoms with E-state index in [4.69, 9.17) is 0 Å². The number of hydrogen-bond acceptors (Lipinski definition) is 5. The first-order valence-corrected chi connectivity index (χ1v) is 19.7. The normalized spacial score (nSPS) is 20.8. The number of piperidine rings is 2. The SMILES string of the molecule is CC(=O)N1C(C)(C)CC(C(CCCC(Cc2cc(C(C)(C)C)c(O)c(C(C)(C)C)c2)(C(=O)O)C(=O)O)C2CC(C)(C)N(C(C)=O)C(C)(C)C2)CC1(C)C. The molecular weight excluding hydrogens is 668 g/mol. The fraction of sp³-hybridized carbons (Fsp3) is 0.773. The van der Waals surface area contributed by atoms with Crippen molar-refractivity contribution in [2.75, 3.05) is 0 Å². The van der Waals surface area contributed by atoms with Crippen LogP contribution in [0.2, 0.25) is 0 Å². The highest BCUT2D eigenvalue weighted by Crippen LogP contribution is 2.53. The molecule has 53 heavy (non-hydrogen) atoms. The van der Waals surface area contributed by atoms with Crippen molar-refractivity contribution >= 4 is 23.8 Å². The van der Waals surface area contributed by atoms with Gasteiger partial charge in [0.1, 0.15) is 5.75 Å². The lowest BCUT2D eigenvalue weighted by Crippen LogP contribution is -2.65. The summed E-state index contributed by atoms with van der Waals surface area (Å²) in [5.41, 5.74) is -2.74. The van der Waals surface area contributed by atoms with Crippen molar-refractivity contribution in [3.05, 3.63) is 28.8 Å². The van der Waals surface area contributed by atoms with Crippen LogP contribution in [0, 0.1) is 23.2 Å². The summed E-state index contributed by atoms with van der Waals surface area (Å²) in [6, 6.07) is 3.57. The van der Waals surface area contributed by atoms with Crippen molar-refractivity contribution in [1.29, 1.82) is 0 Å². The zero-order chi connectivity index (χ0) is 41.1. The maximum Gasteiger partial charge on any atom is 0.321 e. The molecule has 0 aliphatic carbocycles. The fourth-order valence-electron chi connectivity index (χ4n) is 11.4. The molecule has 0 radical (unpaired) electrons. The van der Waals surface area contributed by atoms with Gasteiger partial charge in [-0.05, 0) is 146 Å². The van der Waals surface area contributed by atoms with E-state index in [0.29, 0.717) is 29.5 Å². The lowest BCUT2D eigenvalue weighted by molar-refractivity contribution is -0.165. The third kappa shape index (κ3) is 9.07. The topological polar surface area (TPSA) is 135 Å². The van der Waals surface area contributed by atoms with Crippen LogP contribution in [0.3, 0.4) is 0 Å². The molecule has 9 heteroatoms. The van der Waals surface area contributed by atoms with Crippen LogP contribution in [0.4, 0.5) is 0 Å². The summed E-state index contributed by atoms with van der Waals surface area (Å²) in [5, 5.41) is 32.8. The number of carboxylic acid groups (broad SMARTS) is 2. The van der Waals surface area contributed by atoms with Gasteiger partial charge in [0, 0.05) is 36.0 Å². The number of aliphatic carboxylic acids is 2. The van der Waals surface area contributed by atoms with Crippen LogP contribution in [0.25, 0.3) is 0 Å². The molecule has 0 saturated carbocycles. The number of aromatic hydroxyl groups is 1. The summed E-state index contributed by atoms with van der Waals surface area (Å²) in [4.78, 5) is 56.4. The van der Waals surface area contributed by atoms with Crippen molar-refractivity contribution in [1.82, 2.24) is 9.80 Å². The third-order valence-corrected chi connectivity index (χ3v) is 12.6. The summed E-state index contributed by atoms with van der Waals surface area (Å²) in [5.74, 6) is -1.98. The quantitative estimate of drug-likeness (QED) is 0.204. The van der Waals surface area contributed by atoms with Crippen LogP contribution >= 0.6 is 0 Å². The van der Waals surface area contributed by atoms with Gasteiger partial charge in [0.25, 0.3) is 0 Å². The zero-order valence-electron chi connectivity index (χ0n) is 35.9. The van der Waals surface area contributed by atoms with Gasteiger partial charge in [0.05, 0.1) is 0 Å². The van der Waals surface area contributed by atoms with Gasteiger partial charge in [0.15, 0.2) is 5.41 Å². The Morgan fingerprint density at radius 3 is 1.26 bits per heavy atom. The first kappa shape index (κ1) is 44.3. The van der Waals surface area contributed by atoms with E-state index in [0.717, 1.165) is 25.7 Å². The molecular formula is C44H72N2O7. The molecule has 0 bridgehead atoms. The zero-order valence-corrected chi connectivity index (χ0v) is 35.9. The monoisotopic (exact) mass is 741 g/mol. The van der Waals surface area contributed by atoms with Gasteiger partial charge in [-0.3, -0.25) is 19.2 Å². The maximum atomic E-state index is 13.2. The standard InChI is InChI=1S/C44H72N2O7/c1-27(47)45-40(9,10)23-30(24-41(45,11)12)32(31-25-42(13,14)46(28(2)48)43(15,16)26-31)18-17-19-44(36(50)51,37(52)53)22-29-20-33(38(3,4)5)35(49)34(21-29)39(6,7)8/h20-21,30-32,49H,17-19,22-26H2,1-16H3,(H,50,51)(H,52,53). The molecule has 2 aliphatic rings. The highest BCUT2D eigenvalue weighted by atomic mass is 16.4. The number of benzene rings is 1. The Morgan fingerprint density at radius 1 is 0.679 bits per heavy atom. The maximum absolute atomic E-state index is 13.2. The molecule has 0 unspecified atom stereocenters. The van der Waals surface area contributed by atoms with Gasteiger partial charge in [0.2, 0.25) is 11.8 Å². The second-order valence-corrected chi connectivity index (χ2v) is 21.3. The van der Waals surface area contributed by atoms with Crippen molar-refractivity contribution in [2.24, 2.45) is 23.2 Å². The molecule has 3 N–H and O–H groups in total. The molecule has 1 aromatic carbocycles. The molecule has 0 spiro atoms. The molecule has 0 aromatic heterocycles. The Balaban J connectivity index is 2.10. The number of nitrogens with zero attached hydrogens (tertiary/aromatic N) is 2. The minimum absolute atomic E-state index is 0.0400.